The second-order valence-electron chi connectivity index (χ2n) is 10.9. The molecule has 1 aromatic carbocycles. The number of ether oxygens (including phenoxy) is 2. The molecular formula is C27H38Cl2N4O5. The molecule has 0 aromatic heterocycles. The Morgan fingerprint density at radius 1 is 1.13 bits per heavy atom. The van der Waals surface area contributed by atoms with Gasteiger partial charge in [-0.1, -0.05) is 31.1 Å². The molecule has 1 aromatic rings. The van der Waals surface area contributed by atoms with Crippen LogP contribution in [-0.2, 0) is 16.6 Å². The van der Waals surface area contributed by atoms with Gasteiger partial charge in [0, 0.05) is 49.0 Å². The Labute approximate surface area is 236 Å². The molecule has 2 saturated heterocycles. The van der Waals surface area contributed by atoms with E-state index in [0.717, 1.165) is 50.9 Å². The number of carbonyl (C=O) groups is 2. The summed E-state index contributed by atoms with van der Waals surface area (Å²) in [5.74, 6) is 1.10. The minimum absolute atomic E-state index is 0. The third-order valence-electron chi connectivity index (χ3n) is 8.85. The molecular weight excluding hydrogens is 531 g/mol. The minimum atomic E-state index is -0.701. The summed E-state index contributed by atoms with van der Waals surface area (Å²) in [6, 6.07) is 4.20. The van der Waals surface area contributed by atoms with Gasteiger partial charge >= 0.3 is 6.09 Å². The van der Waals surface area contributed by atoms with Crippen molar-refractivity contribution >= 4 is 36.8 Å². The number of hydrogen-bond donors (Lipinski definition) is 3. The molecule has 210 valence electrons. The van der Waals surface area contributed by atoms with Crippen LogP contribution in [0.25, 0.3) is 0 Å². The van der Waals surface area contributed by atoms with Gasteiger partial charge in [-0.25, -0.2) is 9.80 Å². The number of piperidine rings is 1. The molecule has 2 amide bonds. The molecule has 0 saturated carbocycles. The molecule has 2 unspecified atom stereocenters. The van der Waals surface area contributed by atoms with Gasteiger partial charge in [-0.3, -0.25) is 10.2 Å². The Kier molecular flexibility index (Phi) is 8.84. The number of likely N-dealkylation sites (tertiary alicyclic amines) is 1. The van der Waals surface area contributed by atoms with Gasteiger partial charge in [0.15, 0.2) is 11.5 Å². The van der Waals surface area contributed by atoms with Gasteiger partial charge in [-0.05, 0) is 50.9 Å². The Morgan fingerprint density at radius 3 is 2.66 bits per heavy atom. The average Bonchev–Trinajstić information content (AvgIpc) is 3.01. The van der Waals surface area contributed by atoms with Crippen LogP contribution < -0.4 is 20.2 Å². The lowest BCUT2D eigenvalue weighted by atomic mass is 9.53. The smallest absolute Gasteiger partial charge is 0.412 e. The molecule has 2 fully saturated rings. The van der Waals surface area contributed by atoms with E-state index < -0.39 is 12.2 Å². The molecule has 2 bridgehead atoms. The van der Waals surface area contributed by atoms with Crippen LogP contribution in [0.5, 0.6) is 11.5 Å². The number of nitrogens with one attached hydrogen (secondary N) is 2. The zero-order valence-corrected chi connectivity index (χ0v) is 23.3. The lowest BCUT2D eigenvalue weighted by Crippen LogP contribution is -2.64. The summed E-state index contributed by atoms with van der Waals surface area (Å²) in [7, 11) is 2.17. The number of benzene rings is 1. The van der Waals surface area contributed by atoms with E-state index in [2.05, 4.69) is 28.8 Å². The van der Waals surface area contributed by atoms with Crippen molar-refractivity contribution in [2.24, 2.45) is 5.92 Å². The molecule has 0 radical (unpaired) electrons. The summed E-state index contributed by atoms with van der Waals surface area (Å²) in [4.78, 5) is 27.3. The van der Waals surface area contributed by atoms with Gasteiger partial charge in [-0.15, -0.1) is 24.8 Å². The quantitative estimate of drug-likeness (QED) is 0.469. The van der Waals surface area contributed by atoms with Gasteiger partial charge in [0.25, 0.3) is 0 Å². The molecule has 6 rings (SSSR count). The van der Waals surface area contributed by atoms with Crippen molar-refractivity contribution < 1.29 is 24.2 Å². The molecule has 3 aliphatic heterocycles. The van der Waals surface area contributed by atoms with Crippen LogP contribution >= 0.6 is 24.8 Å². The fourth-order valence-electron chi connectivity index (χ4n) is 7.14. The van der Waals surface area contributed by atoms with Crippen LogP contribution in [-0.4, -0.2) is 78.5 Å². The van der Waals surface area contributed by atoms with Gasteiger partial charge < -0.3 is 24.8 Å². The van der Waals surface area contributed by atoms with E-state index in [9.17, 15) is 14.7 Å². The van der Waals surface area contributed by atoms with E-state index >= 15 is 0 Å². The van der Waals surface area contributed by atoms with E-state index in [1.54, 1.807) is 6.07 Å². The van der Waals surface area contributed by atoms with Crippen LogP contribution in [0.3, 0.4) is 0 Å². The highest BCUT2D eigenvalue weighted by molar-refractivity contribution is 5.85. The van der Waals surface area contributed by atoms with Gasteiger partial charge in [0.05, 0.1) is 0 Å². The van der Waals surface area contributed by atoms with Crippen LogP contribution in [0.2, 0.25) is 0 Å². The molecule has 2 aliphatic carbocycles. The fourth-order valence-corrected chi connectivity index (χ4v) is 7.14. The standard InChI is InChI=1S/C27H36N4O5.2ClH/c1-30-15-11-27-18-7-8-20(32)25(27)36-24-21(9-6-17(23(24)27)16-19(18)30)35-26(34)28-12-10-22(33)29-31-13-4-2-3-5-14-31;;/h6-9,18-20,25,32H,2-5,10-16H2,1H3,(H,28,34)(H,29,33);2*1H/t18?,19?,20-,25-,27-;;/m0../s1. The lowest BCUT2D eigenvalue weighted by Gasteiger charge is -2.56. The van der Waals surface area contributed by atoms with Gasteiger partial charge in [0.2, 0.25) is 5.91 Å². The number of aliphatic hydroxyl groups is 1. The molecule has 38 heavy (non-hydrogen) atoms. The monoisotopic (exact) mass is 568 g/mol. The van der Waals surface area contributed by atoms with Crippen molar-refractivity contribution in [2.45, 2.75) is 68.6 Å². The molecule has 3 N–H and O–H groups in total. The fraction of sp³-hybridized carbons (Fsp3) is 0.630. The summed E-state index contributed by atoms with van der Waals surface area (Å²) in [5.41, 5.74) is 4.95. The highest BCUT2D eigenvalue weighted by Gasteiger charge is 2.64. The predicted octanol–water partition coefficient (Wildman–Crippen LogP) is 2.72. The lowest BCUT2D eigenvalue weighted by molar-refractivity contribution is -0.125. The average molecular weight is 570 g/mol. The van der Waals surface area contributed by atoms with Crippen molar-refractivity contribution in [1.82, 2.24) is 20.7 Å². The van der Waals surface area contributed by atoms with Crippen LogP contribution in [0.1, 0.15) is 49.7 Å². The number of nitrogens with zero attached hydrogens (tertiary/aromatic N) is 2. The Bertz CT molecular complexity index is 1080. The van der Waals surface area contributed by atoms with Crippen molar-refractivity contribution in [2.75, 3.05) is 33.2 Å². The molecule has 5 aliphatic rings. The number of carbonyl (C=O) groups excluding carboxylic acids is 2. The molecule has 9 nitrogen and oxygen atoms in total. The van der Waals surface area contributed by atoms with E-state index in [4.69, 9.17) is 9.47 Å². The maximum Gasteiger partial charge on any atom is 0.412 e. The zero-order valence-electron chi connectivity index (χ0n) is 21.7. The van der Waals surface area contributed by atoms with Crippen LogP contribution in [0.4, 0.5) is 4.79 Å². The normalized spacial score (nSPS) is 31.0. The highest BCUT2D eigenvalue weighted by Crippen LogP contribution is 2.62. The Morgan fingerprint density at radius 2 is 1.89 bits per heavy atom. The van der Waals surface area contributed by atoms with E-state index in [1.807, 2.05) is 17.2 Å². The summed E-state index contributed by atoms with van der Waals surface area (Å²) in [5, 5.41) is 15.5. The number of amides is 2. The van der Waals surface area contributed by atoms with Crippen molar-refractivity contribution in [3.63, 3.8) is 0 Å². The number of halogens is 2. The van der Waals surface area contributed by atoms with E-state index in [-0.39, 0.29) is 61.1 Å². The summed E-state index contributed by atoms with van der Waals surface area (Å²) >= 11 is 0. The van der Waals surface area contributed by atoms with E-state index in [1.165, 1.54) is 18.4 Å². The second-order valence-corrected chi connectivity index (χ2v) is 10.9. The molecule has 1 spiro atoms. The largest absolute Gasteiger partial charge is 0.482 e. The number of aliphatic hydroxyl groups excluding tert-OH is 1. The summed E-state index contributed by atoms with van der Waals surface area (Å²) in [6.45, 7) is 2.86. The Balaban J connectivity index is 0.00000168. The minimum Gasteiger partial charge on any atom is -0.482 e. The van der Waals surface area contributed by atoms with Crippen LogP contribution in [0.15, 0.2) is 24.3 Å². The Hall–Kier alpha value is -2.04. The van der Waals surface area contributed by atoms with Gasteiger partial charge in [-0.2, -0.15) is 0 Å². The second kappa shape index (κ2) is 11.6. The SMILES string of the molecule is CN1CC[C@]23c4c5ccc(OC(=O)NCCC(=O)NN6CCCCCC6)c4O[C@H]2[C@@H](O)C=CC3C1C5.Cl.Cl. The van der Waals surface area contributed by atoms with E-state index in [0.29, 0.717) is 17.5 Å². The van der Waals surface area contributed by atoms with Gasteiger partial charge in [0.1, 0.15) is 12.2 Å². The maximum atomic E-state index is 12.6. The number of likely N-dealkylation sites (N-methyl/N-ethyl adjacent to an activating group) is 1. The van der Waals surface area contributed by atoms with Crippen molar-refractivity contribution in [3.8, 4) is 11.5 Å². The third-order valence-corrected chi connectivity index (χ3v) is 8.85. The van der Waals surface area contributed by atoms with Crippen LogP contribution in [0, 0.1) is 5.92 Å². The highest BCUT2D eigenvalue weighted by atomic mass is 35.5. The summed E-state index contributed by atoms with van der Waals surface area (Å²) < 4.78 is 12.1. The number of hydrogen-bond acceptors (Lipinski definition) is 7. The summed E-state index contributed by atoms with van der Waals surface area (Å²) in [6.07, 6.45) is 8.87. The molecule has 3 heterocycles. The predicted molar refractivity (Wildman–Crippen MR) is 147 cm³/mol. The zero-order chi connectivity index (χ0) is 24.9. The van der Waals surface area contributed by atoms with Crippen molar-refractivity contribution in [3.05, 3.63) is 35.4 Å². The topological polar surface area (TPSA) is 103 Å². The maximum absolute atomic E-state index is 12.6. The first-order chi connectivity index (χ1) is 17.5. The van der Waals surface area contributed by atoms with Crippen molar-refractivity contribution in [1.29, 1.82) is 0 Å². The third kappa shape index (κ3) is 4.88. The first-order valence-corrected chi connectivity index (χ1v) is 13.4. The first kappa shape index (κ1) is 29.0. The number of hydrazine groups is 1. The first-order valence-electron chi connectivity index (χ1n) is 13.4. The molecule has 5 atom stereocenters. The number of rotatable bonds is 5. The molecule has 11 heteroatoms.